The van der Waals surface area contributed by atoms with E-state index < -0.39 is 0 Å². The van der Waals surface area contributed by atoms with Crippen LogP contribution in [0.5, 0.6) is 0 Å². The molecule has 0 unspecified atom stereocenters. The molecule has 0 aliphatic carbocycles. The second kappa shape index (κ2) is 4.53. The maximum Gasteiger partial charge on any atom is 0.280 e. The average molecular weight is 249 g/mol. The smallest absolute Gasteiger partial charge is 0.280 e. The molecule has 18 heavy (non-hydrogen) atoms. The Bertz CT molecular complexity index is 526. The summed E-state index contributed by atoms with van der Waals surface area (Å²) in [5.41, 5.74) is 0.641. The minimum absolute atomic E-state index is 0.229. The number of nitrogens with zero attached hydrogens (tertiary/aromatic N) is 3. The molecule has 0 amide bonds. The molecule has 0 spiro atoms. The van der Waals surface area contributed by atoms with Crippen LogP contribution in [0.4, 0.5) is 0 Å². The molecule has 0 saturated carbocycles. The largest absolute Gasteiger partial charge is 0.447 e. The van der Waals surface area contributed by atoms with Gasteiger partial charge in [0.25, 0.3) is 5.89 Å². The van der Waals surface area contributed by atoms with Crippen LogP contribution < -0.4 is 0 Å². The highest BCUT2D eigenvalue weighted by Crippen LogP contribution is 2.29. The molecule has 0 radical (unpaired) electrons. The standard InChI is InChI=1S/C12H15N3O3/c1-7(2)10-9(13-6-17-10)12-14-11(15-18-12)8-3-4-16-5-8/h6-8H,3-5H2,1-2H3/t8-/m0/s1. The maximum absolute atomic E-state index is 5.35. The lowest BCUT2D eigenvalue weighted by molar-refractivity contribution is 0.192. The molecule has 6 nitrogen and oxygen atoms in total. The zero-order valence-corrected chi connectivity index (χ0v) is 10.4. The van der Waals surface area contributed by atoms with Gasteiger partial charge in [-0.2, -0.15) is 4.98 Å². The second-order valence-corrected chi connectivity index (χ2v) is 4.74. The number of aromatic nitrogens is 3. The fourth-order valence-electron chi connectivity index (χ4n) is 2.06. The average Bonchev–Trinajstić information content (AvgIpc) is 3.10. The molecule has 1 aliphatic heterocycles. The molecule has 0 N–H and O–H groups in total. The third kappa shape index (κ3) is 1.92. The highest BCUT2D eigenvalue weighted by molar-refractivity contribution is 5.50. The van der Waals surface area contributed by atoms with Crippen LogP contribution >= 0.6 is 0 Å². The summed E-state index contributed by atoms with van der Waals surface area (Å²) in [5, 5.41) is 4.01. The Hall–Kier alpha value is -1.69. The van der Waals surface area contributed by atoms with Crippen molar-refractivity contribution < 1.29 is 13.7 Å². The lowest BCUT2D eigenvalue weighted by Crippen LogP contribution is -1.99. The summed E-state index contributed by atoms with van der Waals surface area (Å²) in [6, 6.07) is 0. The van der Waals surface area contributed by atoms with Crippen molar-refractivity contribution in [2.75, 3.05) is 13.2 Å². The summed E-state index contributed by atoms with van der Waals surface area (Å²) >= 11 is 0. The molecule has 96 valence electrons. The lowest BCUT2D eigenvalue weighted by Gasteiger charge is -1.99. The Labute approximate surface area is 104 Å². The van der Waals surface area contributed by atoms with Gasteiger partial charge >= 0.3 is 0 Å². The molecule has 1 aliphatic rings. The van der Waals surface area contributed by atoms with Gasteiger partial charge < -0.3 is 13.7 Å². The minimum atomic E-state index is 0.229. The summed E-state index contributed by atoms with van der Waals surface area (Å²) in [6.07, 6.45) is 2.35. The molecular formula is C12H15N3O3. The molecule has 1 fully saturated rings. The van der Waals surface area contributed by atoms with Gasteiger partial charge in [-0.3, -0.25) is 0 Å². The number of hydrogen-bond donors (Lipinski definition) is 0. The first-order valence-electron chi connectivity index (χ1n) is 6.11. The molecule has 1 saturated heterocycles. The quantitative estimate of drug-likeness (QED) is 0.831. The van der Waals surface area contributed by atoms with E-state index in [0.717, 1.165) is 18.8 Å². The third-order valence-corrected chi connectivity index (χ3v) is 3.06. The third-order valence-electron chi connectivity index (χ3n) is 3.06. The van der Waals surface area contributed by atoms with Crippen molar-refractivity contribution in [3.8, 4) is 11.6 Å². The Morgan fingerprint density at radius 1 is 1.39 bits per heavy atom. The van der Waals surface area contributed by atoms with E-state index in [2.05, 4.69) is 15.1 Å². The molecule has 1 atom stereocenters. The first-order valence-corrected chi connectivity index (χ1v) is 6.11. The van der Waals surface area contributed by atoms with Crippen LogP contribution in [0.2, 0.25) is 0 Å². The molecular weight excluding hydrogens is 234 g/mol. The van der Waals surface area contributed by atoms with Gasteiger partial charge in [-0.05, 0) is 6.42 Å². The highest BCUT2D eigenvalue weighted by atomic mass is 16.5. The van der Waals surface area contributed by atoms with Crippen LogP contribution in [-0.2, 0) is 4.74 Å². The SMILES string of the molecule is CC(C)c1ocnc1-c1nc([C@H]2CCOC2)no1. The van der Waals surface area contributed by atoms with E-state index in [1.165, 1.54) is 6.39 Å². The first-order chi connectivity index (χ1) is 8.75. The predicted octanol–water partition coefficient (Wildman–Crippen LogP) is 2.35. The molecule has 2 aromatic heterocycles. The zero-order chi connectivity index (χ0) is 12.5. The summed E-state index contributed by atoms with van der Waals surface area (Å²) in [6.45, 7) is 5.49. The van der Waals surface area contributed by atoms with Crippen molar-refractivity contribution in [1.29, 1.82) is 0 Å². The van der Waals surface area contributed by atoms with Crippen LogP contribution in [0.3, 0.4) is 0 Å². The molecule has 0 bridgehead atoms. The van der Waals surface area contributed by atoms with E-state index in [1.54, 1.807) is 0 Å². The van der Waals surface area contributed by atoms with Crippen molar-refractivity contribution in [2.24, 2.45) is 0 Å². The van der Waals surface area contributed by atoms with E-state index in [1.807, 2.05) is 13.8 Å². The Kier molecular flexibility index (Phi) is 2.87. The van der Waals surface area contributed by atoms with E-state index in [-0.39, 0.29) is 11.8 Å². The van der Waals surface area contributed by atoms with E-state index in [9.17, 15) is 0 Å². The number of hydrogen-bond acceptors (Lipinski definition) is 6. The van der Waals surface area contributed by atoms with Crippen LogP contribution in [-0.4, -0.2) is 28.3 Å². The summed E-state index contributed by atoms with van der Waals surface area (Å²) in [5.74, 6) is 2.35. The Morgan fingerprint density at radius 2 is 2.28 bits per heavy atom. The molecule has 3 heterocycles. The zero-order valence-electron chi connectivity index (χ0n) is 10.4. The molecule has 0 aromatic carbocycles. The van der Waals surface area contributed by atoms with E-state index in [0.29, 0.717) is 24.0 Å². The Morgan fingerprint density at radius 3 is 3.00 bits per heavy atom. The van der Waals surface area contributed by atoms with Crippen LogP contribution in [0.25, 0.3) is 11.6 Å². The minimum Gasteiger partial charge on any atom is -0.447 e. The van der Waals surface area contributed by atoms with Crippen LogP contribution in [0, 0.1) is 0 Å². The van der Waals surface area contributed by atoms with E-state index in [4.69, 9.17) is 13.7 Å². The summed E-state index contributed by atoms with van der Waals surface area (Å²) in [4.78, 5) is 8.55. The van der Waals surface area contributed by atoms with Crippen LogP contribution in [0.1, 0.15) is 43.7 Å². The van der Waals surface area contributed by atoms with Crippen molar-refractivity contribution >= 4 is 0 Å². The molecule has 3 rings (SSSR count). The lowest BCUT2D eigenvalue weighted by atomic mass is 10.1. The van der Waals surface area contributed by atoms with Crippen molar-refractivity contribution in [2.45, 2.75) is 32.1 Å². The summed E-state index contributed by atoms with van der Waals surface area (Å²) < 4.78 is 15.9. The van der Waals surface area contributed by atoms with E-state index >= 15 is 0 Å². The van der Waals surface area contributed by atoms with Gasteiger partial charge in [-0.1, -0.05) is 19.0 Å². The first kappa shape index (κ1) is 11.4. The fraction of sp³-hybridized carbons (Fsp3) is 0.583. The molecule has 2 aromatic rings. The highest BCUT2D eigenvalue weighted by Gasteiger charge is 2.25. The van der Waals surface area contributed by atoms with Crippen molar-refractivity contribution in [1.82, 2.24) is 15.1 Å². The van der Waals surface area contributed by atoms with Gasteiger partial charge in [0, 0.05) is 18.4 Å². The van der Waals surface area contributed by atoms with Gasteiger partial charge in [0.15, 0.2) is 17.9 Å². The van der Waals surface area contributed by atoms with Crippen molar-refractivity contribution in [3.63, 3.8) is 0 Å². The van der Waals surface area contributed by atoms with Crippen molar-refractivity contribution in [3.05, 3.63) is 18.0 Å². The maximum atomic E-state index is 5.35. The predicted molar refractivity (Wildman–Crippen MR) is 62.1 cm³/mol. The number of ether oxygens (including phenoxy) is 1. The normalized spacial score (nSPS) is 19.8. The number of rotatable bonds is 3. The summed E-state index contributed by atoms with van der Waals surface area (Å²) in [7, 11) is 0. The van der Waals surface area contributed by atoms with Crippen LogP contribution in [0.15, 0.2) is 15.3 Å². The van der Waals surface area contributed by atoms with Gasteiger partial charge in [0.2, 0.25) is 0 Å². The van der Waals surface area contributed by atoms with Gasteiger partial charge in [-0.25, -0.2) is 4.98 Å². The second-order valence-electron chi connectivity index (χ2n) is 4.74. The fourth-order valence-corrected chi connectivity index (χ4v) is 2.06. The monoisotopic (exact) mass is 249 g/mol. The van der Waals surface area contributed by atoms with Gasteiger partial charge in [0.05, 0.1) is 6.61 Å². The Balaban J connectivity index is 1.90. The molecule has 6 heteroatoms. The number of oxazole rings is 1. The van der Waals surface area contributed by atoms with Gasteiger partial charge in [0.1, 0.15) is 5.76 Å². The van der Waals surface area contributed by atoms with Gasteiger partial charge in [-0.15, -0.1) is 0 Å². The topological polar surface area (TPSA) is 74.2 Å².